The van der Waals surface area contributed by atoms with Gasteiger partial charge >= 0.3 is 0 Å². The van der Waals surface area contributed by atoms with Crippen LogP contribution >= 0.6 is 22.9 Å². The molecule has 25 heavy (non-hydrogen) atoms. The van der Waals surface area contributed by atoms with Gasteiger partial charge in [0, 0.05) is 11.6 Å². The van der Waals surface area contributed by atoms with Crippen LogP contribution in [0.1, 0.15) is 0 Å². The summed E-state index contributed by atoms with van der Waals surface area (Å²) in [6.45, 7) is 3.98. The van der Waals surface area contributed by atoms with Crippen molar-refractivity contribution in [3.8, 4) is 5.75 Å². The minimum absolute atomic E-state index is 0.196. The first-order valence-corrected chi connectivity index (χ1v) is 8.62. The van der Waals surface area contributed by atoms with Crippen LogP contribution in [0.5, 0.6) is 5.75 Å². The molecule has 0 aliphatic heterocycles. The number of nitrogens with zero attached hydrogens (tertiary/aromatic N) is 2. The van der Waals surface area contributed by atoms with E-state index in [-0.39, 0.29) is 12.4 Å². The molecule has 7 heteroatoms. The first-order valence-electron chi connectivity index (χ1n) is 7.42. The molecule has 2 aromatic carbocycles. The summed E-state index contributed by atoms with van der Waals surface area (Å²) in [6, 6.07) is 11.2. The Hall–Kier alpha value is -2.44. The summed E-state index contributed by atoms with van der Waals surface area (Å²) in [5.41, 5.74) is 0.802. The van der Waals surface area contributed by atoms with Crippen molar-refractivity contribution in [2.45, 2.75) is 6.54 Å². The van der Waals surface area contributed by atoms with Crippen LogP contribution < -0.4 is 9.54 Å². The first kappa shape index (κ1) is 17.4. The van der Waals surface area contributed by atoms with Gasteiger partial charge in [-0.2, -0.15) is 4.99 Å². The van der Waals surface area contributed by atoms with Crippen molar-refractivity contribution in [1.82, 2.24) is 4.57 Å². The fourth-order valence-corrected chi connectivity index (χ4v) is 3.46. The van der Waals surface area contributed by atoms with Crippen LogP contribution in [-0.4, -0.2) is 17.1 Å². The SMILES string of the molecule is C=CCn1c(=NC(=O)COc2ccc(Cl)cc2)sc2cc(F)ccc21. The molecule has 1 amide bonds. The maximum Gasteiger partial charge on any atom is 0.286 e. The number of carbonyl (C=O) groups is 1. The number of ether oxygens (including phenoxy) is 1. The van der Waals surface area contributed by atoms with Crippen LogP contribution in [0.25, 0.3) is 10.2 Å². The molecule has 0 radical (unpaired) electrons. The third kappa shape index (κ3) is 4.15. The van der Waals surface area contributed by atoms with Gasteiger partial charge in [-0.3, -0.25) is 4.79 Å². The Morgan fingerprint density at radius 1 is 1.32 bits per heavy atom. The number of carbonyl (C=O) groups excluding carboxylic acids is 1. The molecule has 0 aliphatic carbocycles. The molecule has 1 heterocycles. The Bertz CT molecular complexity index is 992. The average molecular weight is 377 g/mol. The highest BCUT2D eigenvalue weighted by Gasteiger charge is 2.08. The van der Waals surface area contributed by atoms with Crippen LogP contribution in [0.2, 0.25) is 5.02 Å². The molecule has 0 bridgehead atoms. The van der Waals surface area contributed by atoms with Crippen molar-refractivity contribution >= 4 is 39.1 Å². The van der Waals surface area contributed by atoms with E-state index in [4.69, 9.17) is 16.3 Å². The van der Waals surface area contributed by atoms with Gasteiger partial charge in [0.2, 0.25) is 0 Å². The molecule has 0 fully saturated rings. The van der Waals surface area contributed by atoms with Gasteiger partial charge in [0.15, 0.2) is 11.4 Å². The number of halogens is 2. The van der Waals surface area contributed by atoms with Crippen molar-refractivity contribution in [2.75, 3.05) is 6.61 Å². The van der Waals surface area contributed by atoms with E-state index in [1.807, 2.05) is 4.57 Å². The molecule has 0 saturated carbocycles. The number of hydrogen-bond acceptors (Lipinski definition) is 3. The minimum atomic E-state index is -0.431. The topological polar surface area (TPSA) is 43.6 Å². The maximum atomic E-state index is 13.4. The monoisotopic (exact) mass is 376 g/mol. The molecule has 0 aliphatic rings. The summed E-state index contributed by atoms with van der Waals surface area (Å²) < 4.78 is 21.3. The van der Waals surface area contributed by atoms with Gasteiger partial charge in [-0.05, 0) is 42.5 Å². The van der Waals surface area contributed by atoms with Crippen molar-refractivity contribution in [3.05, 3.63) is 70.8 Å². The molecule has 0 saturated heterocycles. The second-order valence-corrected chi connectivity index (χ2v) is 6.59. The molecule has 3 rings (SSSR count). The van der Waals surface area contributed by atoms with Gasteiger partial charge in [0.25, 0.3) is 5.91 Å². The normalized spacial score (nSPS) is 11.7. The van der Waals surface area contributed by atoms with E-state index in [0.29, 0.717) is 26.8 Å². The van der Waals surface area contributed by atoms with Crippen LogP contribution in [0, 0.1) is 5.82 Å². The smallest absolute Gasteiger partial charge is 0.286 e. The first-order chi connectivity index (χ1) is 12.1. The van der Waals surface area contributed by atoms with Crippen LogP contribution in [-0.2, 0) is 11.3 Å². The van der Waals surface area contributed by atoms with Crippen molar-refractivity contribution in [3.63, 3.8) is 0 Å². The minimum Gasteiger partial charge on any atom is -0.484 e. The molecule has 0 unspecified atom stereocenters. The molecular weight excluding hydrogens is 363 g/mol. The van der Waals surface area contributed by atoms with E-state index in [1.54, 1.807) is 36.4 Å². The Balaban J connectivity index is 1.86. The third-order valence-corrected chi connectivity index (χ3v) is 4.65. The number of amides is 1. The predicted octanol–water partition coefficient (Wildman–Crippen LogP) is 4.19. The number of hydrogen-bond donors (Lipinski definition) is 0. The molecular formula is C18H14ClFN2O2S. The van der Waals surface area contributed by atoms with E-state index < -0.39 is 5.91 Å². The van der Waals surface area contributed by atoms with E-state index >= 15 is 0 Å². The zero-order chi connectivity index (χ0) is 17.8. The van der Waals surface area contributed by atoms with Crippen molar-refractivity contribution < 1.29 is 13.9 Å². The fraction of sp³-hybridized carbons (Fsp3) is 0.111. The molecule has 0 atom stereocenters. The highest BCUT2D eigenvalue weighted by Crippen LogP contribution is 2.19. The quantitative estimate of drug-likeness (QED) is 0.627. The van der Waals surface area contributed by atoms with E-state index in [1.165, 1.54) is 23.5 Å². The van der Waals surface area contributed by atoms with E-state index in [0.717, 1.165) is 5.52 Å². The van der Waals surface area contributed by atoms with Crippen LogP contribution in [0.3, 0.4) is 0 Å². The summed E-state index contributed by atoms with van der Waals surface area (Å²) >= 11 is 7.05. The second kappa shape index (κ2) is 7.63. The fourth-order valence-electron chi connectivity index (χ4n) is 2.25. The summed E-state index contributed by atoms with van der Waals surface area (Å²) in [7, 11) is 0. The lowest BCUT2D eigenvalue weighted by atomic mass is 10.3. The summed E-state index contributed by atoms with van der Waals surface area (Å²) in [6.07, 6.45) is 1.70. The average Bonchev–Trinajstić information content (AvgIpc) is 2.91. The highest BCUT2D eigenvalue weighted by atomic mass is 35.5. The zero-order valence-corrected chi connectivity index (χ0v) is 14.7. The molecule has 4 nitrogen and oxygen atoms in total. The Kier molecular flexibility index (Phi) is 5.31. The second-order valence-electron chi connectivity index (χ2n) is 5.14. The van der Waals surface area contributed by atoms with Gasteiger partial charge in [-0.15, -0.1) is 6.58 Å². The standard InChI is InChI=1S/C18H14ClFN2O2S/c1-2-9-22-15-8-5-13(20)10-16(15)25-18(22)21-17(23)11-24-14-6-3-12(19)4-7-14/h2-8,10H,1,9,11H2. The lowest BCUT2D eigenvalue weighted by Crippen LogP contribution is -2.19. The molecule has 128 valence electrons. The summed E-state index contributed by atoms with van der Waals surface area (Å²) in [5.74, 6) is -0.228. The Morgan fingerprint density at radius 2 is 2.08 bits per heavy atom. The van der Waals surface area contributed by atoms with Crippen LogP contribution in [0.4, 0.5) is 4.39 Å². The molecule has 0 N–H and O–H groups in total. The molecule has 0 spiro atoms. The lowest BCUT2D eigenvalue weighted by molar-refractivity contribution is -0.120. The molecule has 1 aromatic heterocycles. The largest absolute Gasteiger partial charge is 0.484 e. The zero-order valence-electron chi connectivity index (χ0n) is 13.1. The van der Waals surface area contributed by atoms with Crippen molar-refractivity contribution in [1.29, 1.82) is 0 Å². The number of allylic oxidation sites excluding steroid dienone is 1. The number of thiazole rings is 1. The summed E-state index contributed by atoms with van der Waals surface area (Å²) in [5, 5.41) is 0.589. The van der Waals surface area contributed by atoms with Gasteiger partial charge in [-0.1, -0.05) is 29.0 Å². The van der Waals surface area contributed by atoms with Gasteiger partial charge < -0.3 is 9.30 Å². The van der Waals surface area contributed by atoms with Crippen LogP contribution in [0.15, 0.2) is 60.1 Å². The maximum absolute atomic E-state index is 13.4. The van der Waals surface area contributed by atoms with E-state index in [9.17, 15) is 9.18 Å². The Labute approximate surface area is 152 Å². The number of benzene rings is 2. The van der Waals surface area contributed by atoms with E-state index in [2.05, 4.69) is 11.6 Å². The number of rotatable bonds is 5. The van der Waals surface area contributed by atoms with Gasteiger partial charge in [0.05, 0.1) is 10.2 Å². The number of aromatic nitrogens is 1. The van der Waals surface area contributed by atoms with Gasteiger partial charge in [-0.25, -0.2) is 4.39 Å². The molecule has 3 aromatic rings. The highest BCUT2D eigenvalue weighted by molar-refractivity contribution is 7.16. The number of fused-ring (bicyclic) bond motifs is 1. The lowest BCUT2D eigenvalue weighted by Gasteiger charge is -2.03. The van der Waals surface area contributed by atoms with Gasteiger partial charge in [0.1, 0.15) is 11.6 Å². The predicted molar refractivity (Wildman–Crippen MR) is 97.5 cm³/mol. The third-order valence-electron chi connectivity index (χ3n) is 3.35. The van der Waals surface area contributed by atoms with Crippen molar-refractivity contribution in [2.24, 2.45) is 4.99 Å². The summed E-state index contributed by atoms with van der Waals surface area (Å²) in [4.78, 5) is 16.7. The Morgan fingerprint density at radius 3 is 2.80 bits per heavy atom.